The molecule has 7 heteroatoms. The smallest absolute Gasteiger partial charge is 0.226 e. The molecule has 6 nitrogen and oxygen atoms in total. The Morgan fingerprint density at radius 1 is 1.32 bits per heavy atom. The van der Waals surface area contributed by atoms with E-state index < -0.39 is 15.6 Å². The molecular weight excluding hydrogens is 342 g/mol. The molecule has 136 valence electrons. The van der Waals surface area contributed by atoms with Crippen molar-refractivity contribution in [3.05, 3.63) is 35.7 Å². The van der Waals surface area contributed by atoms with Gasteiger partial charge in [-0.2, -0.15) is 0 Å². The van der Waals surface area contributed by atoms with Crippen molar-refractivity contribution in [2.75, 3.05) is 12.9 Å². The number of unbranched alkanes of at least 4 members (excludes halogenated alkanes) is 1. The van der Waals surface area contributed by atoms with Crippen molar-refractivity contribution < 1.29 is 22.4 Å². The van der Waals surface area contributed by atoms with Crippen LogP contribution in [0.2, 0.25) is 0 Å². The molecule has 0 aliphatic rings. The van der Waals surface area contributed by atoms with Crippen LogP contribution in [-0.4, -0.2) is 32.0 Å². The van der Waals surface area contributed by atoms with Crippen LogP contribution in [0.5, 0.6) is 5.75 Å². The first kappa shape index (κ1) is 19.2. The molecule has 0 amide bonds. The Bertz CT molecular complexity index is 839. The first-order valence-corrected chi connectivity index (χ1v) is 9.99. The second-order valence-electron chi connectivity index (χ2n) is 5.93. The third kappa shape index (κ3) is 5.42. The Labute approximate surface area is 148 Å². The third-order valence-electron chi connectivity index (χ3n) is 3.76. The monoisotopic (exact) mass is 365 g/mol. The van der Waals surface area contributed by atoms with E-state index in [-0.39, 0.29) is 11.5 Å². The van der Waals surface area contributed by atoms with E-state index in [1.54, 1.807) is 38.3 Å². The molecule has 0 atom stereocenters. The van der Waals surface area contributed by atoms with E-state index in [1.807, 2.05) is 6.92 Å². The Balaban J connectivity index is 2.15. The predicted molar refractivity (Wildman–Crippen MR) is 95.3 cm³/mol. The van der Waals surface area contributed by atoms with Crippen LogP contribution in [0.3, 0.4) is 0 Å². The van der Waals surface area contributed by atoms with Crippen molar-refractivity contribution in [1.82, 2.24) is 4.98 Å². The molecule has 1 heterocycles. The summed E-state index contributed by atoms with van der Waals surface area (Å²) in [6, 6.07) is 7.17. The number of nitrogens with zero attached hydrogens (tertiary/aromatic N) is 1. The number of hydrogen-bond acceptors (Lipinski definition) is 6. The molecule has 0 fully saturated rings. The molecule has 25 heavy (non-hydrogen) atoms. The van der Waals surface area contributed by atoms with Gasteiger partial charge in [0, 0.05) is 12.0 Å². The van der Waals surface area contributed by atoms with E-state index in [0.29, 0.717) is 41.5 Å². The number of rotatable bonds is 9. The summed E-state index contributed by atoms with van der Waals surface area (Å²) < 4.78 is 35.3. The van der Waals surface area contributed by atoms with Gasteiger partial charge in [-0.05, 0) is 31.5 Å². The molecule has 0 unspecified atom stereocenters. The molecule has 1 aromatic carbocycles. The second-order valence-corrected chi connectivity index (χ2v) is 7.99. The van der Waals surface area contributed by atoms with Crippen LogP contribution in [0.1, 0.15) is 37.6 Å². The van der Waals surface area contributed by atoms with E-state index in [1.165, 1.54) is 0 Å². The van der Waals surface area contributed by atoms with E-state index in [2.05, 4.69) is 4.98 Å². The van der Waals surface area contributed by atoms with Gasteiger partial charge in [0.2, 0.25) is 5.89 Å². The fourth-order valence-corrected chi connectivity index (χ4v) is 3.81. The van der Waals surface area contributed by atoms with Crippen molar-refractivity contribution in [3.63, 3.8) is 0 Å². The molecule has 2 aromatic rings. The number of sulfone groups is 1. The quantitative estimate of drug-likeness (QED) is 0.677. The summed E-state index contributed by atoms with van der Waals surface area (Å²) in [7, 11) is -2.00. The van der Waals surface area contributed by atoms with Crippen molar-refractivity contribution >= 4 is 15.6 Å². The van der Waals surface area contributed by atoms with Gasteiger partial charge >= 0.3 is 0 Å². The molecule has 2 rings (SSSR count). The normalized spacial score (nSPS) is 11.5. The van der Waals surface area contributed by atoms with Gasteiger partial charge in [-0.25, -0.2) is 13.4 Å². The maximum atomic E-state index is 12.2. The summed E-state index contributed by atoms with van der Waals surface area (Å²) in [6.45, 7) is 3.63. The third-order valence-corrected chi connectivity index (χ3v) is 5.23. The molecule has 0 radical (unpaired) electrons. The lowest BCUT2D eigenvalue weighted by molar-refractivity contribution is -0.116. The van der Waals surface area contributed by atoms with Crippen LogP contribution in [0.4, 0.5) is 0 Å². The Morgan fingerprint density at radius 2 is 2.08 bits per heavy atom. The van der Waals surface area contributed by atoms with E-state index in [0.717, 1.165) is 6.42 Å². The van der Waals surface area contributed by atoms with Crippen molar-refractivity contribution in [3.8, 4) is 17.2 Å². The lowest BCUT2D eigenvalue weighted by Gasteiger charge is -2.02. The summed E-state index contributed by atoms with van der Waals surface area (Å²) in [5, 5.41) is 0. The van der Waals surface area contributed by atoms with Crippen LogP contribution in [0.25, 0.3) is 11.5 Å². The number of ketones is 1. The second kappa shape index (κ2) is 8.29. The number of carbonyl (C=O) groups is 1. The number of benzene rings is 1. The Kier molecular flexibility index (Phi) is 6.36. The van der Waals surface area contributed by atoms with Gasteiger partial charge in [-0.3, -0.25) is 4.79 Å². The van der Waals surface area contributed by atoms with Gasteiger partial charge in [0.05, 0.1) is 18.6 Å². The molecule has 0 aliphatic heterocycles. The average molecular weight is 365 g/mol. The minimum Gasteiger partial charge on any atom is -0.497 e. The number of methoxy groups -OCH3 is 1. The minimum atomic E-state index is -3.57. The molecule has 0 spiro atoms. The fraction of sp³-hybridized carbons (Fsp3) is 0.444. The lowest BCUT2D eigenvalue weighted by atomic mass is 10.2. The average Bonchev–Trinajstić information content (AvgIpc) is 2.92. The zero-order valence-electron chi connectivity index (χ0n) is 14.7. The first-order chi connectivity index (χ1) is 11.8. The molecule has 0 saturated heterocycles. The van der Waals surface area contributed by atoms with Crippen molar-refractivity contribution in [2.45, 2.75) is 38.9 Å². The molecule has 0 saturated carbocycles. The maximum Gasteiger partial charge on any atom is 0.226 e. The van der Waals surface area contributed by atoms with Crippen LogP contribution >= 0.6 is 0 Å². The van der Waals surface area contributed by atoms with Gasteiger partial charge in [0.1, 0.15) is 23.0 Å². The number of Topliss-reactive ketones (excluding diaryl/α,β-unsaturated/α-hetero) is 1. The van der Waals surface area contributed by atoms with Crippen molar-refractivity contribution in [2.24, 2.45) is 0 Å². The fourth-order valence-electron chi connectivity index (χ4n) is 2.39. The van der Waals surface area contributed by atoms with Crippen LogP contribution in [0, 0.1) is 6.92 Å². The van der Waals surface area contributed by atoms with Gasteiger partial charge in [-0.1, -0.05) is 19.4 Å². The van der Waals surface area contributed by atoms with Gasteiger partial charge < -0.3 is 9.15 Å². The number of hydrogen-bond donors (Lipinski definition) is 0. The summed E-state index contributed by atoms with van der Waals surface area (Å²) in [5.41, 5.74) is 1.03. The number of ether oxygens (including phenoxy) is 1. The van der Waals surface area contributed by atoms with E-state index in [4.69, 9.17) is 9.15 Å². The largest absolute Gasteiger partial charge is 0.497 e. The minimum absolute atomic E-state index is 0.254. The number of aromatic nitrogens is 1. The summed E-state index contributed by atoms with van der Waals surface area (Å²) >= 11 is 0. The summed E-state index contributed by atoms with van der Waals surface area (Å²) in [6.07, 6.45) is 1.86. The molecule has 1 aromatic heterocycles. The van der Waals surface area contributed by atoms with E-state index in [9.17, 15) is 13.2 Å². The van der Waals surface area contributed by atoms with Gasteiger partial charge in [0.15, 0.2) is 9.84 Å². The summed E-state index contributed by atoms with van der Waals surface area (Å²) in [5.74, 6) is 0.416. The van der Waals surface area contributed by atoms with Gasteiger partial charge in [-0.15, -0.1) is 0 Å². The Hall–Kier alpha value is -2.15. The highest BCUT2D eigenvalue weighted by Crippen LogP contribution is 2.26. The highest BCUT2D eigenvalue weighted by atomic mass is 32.2. The number of oxazole rings is 1. The molecule has 0 bridgehead atoms. The zero-order valence-corrected chi connectivity index (χ0v) is 15.6. The highest BCUT2D eigenvalue weighted by Gasteiger charge is 2.22. The molecule has 0 N–H and O–H groups in total. The topological polar surface area (TPSA) is 86.5 Å². The highest BCUT2D eigenvalue weighted by molar-refractivity contribution is 7.91. The maximum absolute atomic E-state index is 12.2. The summed E-state index contributed by atoms with van der Waals surface area (Å²) in [4.78, 5) is 16.1. The van der Waals surface area contributed by atoms with E-state index >= 15 is 0 Å². The zero-order chi connectivity index (χ0) is 18.4. The van der Waals surface area contributed by atoms with Gasteiger partial charge in [0.25, 0.3) is 0 Å². The lowest BCUT2D eigenvalue weighted by Crippen LogP contribution is -2.18. The predicted octanol–water partition coefficient (Wildman–Crippen LogP) is 3.33. The van der Waals surface area contributed by atoms with Crippen LogP contribution < -0.4 is 4.74 Å². The number of carbonyl (C=O) groups excluding carboxylic acids is 1. The first-order valence-electron chi connectivity index (χ1n) is 8.17. The number of aryl methyl sites for hydroxylation is 1. The van der Waals surface area contributed by atoms with Crippen molar-refractivity contribution in [1.29, 1.82) is 0 Å². The van der Waals surface area contributed by atoms with Crippen LogP contribution in [0.15, 0.2) is 28.7 Å². The standard InChI is InChI=1S/C18H23NO5S/c1-4-5-8-15(20)11-25(21,22)12-17-13(2)24-18(19-17)14-7-6-9-16(10-14)23-3/h6-7,9-10H,4-5,8,11-12H2,1-3H3. The Morgan fingerprint density at radius 3 is 2.76 bits per heavy atom. The molecular formula is C18H23NO5S. The molecule has 0 aliphatic carbocycles. The SMILES string of the molecule is CCCCC(=O)CS(=O)(=O)Cc1nc(-c2cccc(OC)c2)oc1C. The van der Waals surface area contributed by atoms with Crippen LogP contribution in [-0.2, 0) is 20.4 Å².